The molecule has 5 heteroatoms. The molecular weight excluding hydrogens is 424 g/mol. The maximum absolute atomic E-state index is 13.4. The first-order chi connectivity index (χ1) is 16.3. The van der Waals surface area contributed by atoms with E-state index in [1.54, 1.807) is 4.90 Å². The van der Waals surface area contributed by atoms with Crippen LogP contribution in [-0.2, 0) is 27.4 Å². The summed E-state index contributed by atoms with van der Waals surface area (Å²) in [7, 11) is 0. The van der Waals surface area contributed by atoms with E-state index in [1.807, 2.05) is 87.5 Å². The van der Waals surface area contributed by atoms with Crippen molar-refractivity contribution in [2.24, 2.45) is 5.41 Å². The van der Waals surface area contributed by atoms with Crippen LogP contribution in [0, 0.1) is 5.41 Å². The number of para-hydroxylation sites is 1. The summed E-state index contributed by atoms with van der Waals surface area (Å²) >= 11 is 0. The Morgan fingerprint density at radius 1 is 0.912 bits per heavy atom. The largest absolute Gasteiger partial charge is 0.450 e. The summed E-state index contributed by atoms with van der Waals surface area (Å²) in [5, 5.41) is 0. The summed E-state index contributed by atoms with van der Waals surface area (Å²) in [5.74, 6) is -0.553. The third kappa shape index (κ3) is 5.37. The van der Waals surface area contributed by atoms with Gasteiger partial charge in [0, 0.05) is 30.7 Å². The van der Waals surface area contributed by atoms with Gasteiger partial charge in [-0.1, -0.05) is 92.7 Å². The number of esters is 1. The Balaban J connectivity index is 1.51. The van der Waals surface area contributed by atoms with E-state index in [9.17, 15) is 9.59 Å². The molecule has 3 aromatic carbocycles. The molecular formula is C29H32N2O3. The molecule has 1 fully saturated rings. The van der Waals surface area contributed by atoms with Gasteiger partial charge in [-0.2, -0.15) is 0 Å². The van der Waals surface area contributed by atoms with Crippen LogP contribution in [0.1, 0.15) is 31.9 Å². The highest BCUT2D eigenvalue weighted by Gasteiger charge is 2.49. The van der Waals surface area contributed by atoms with Gasteiger partial charge in [0.25, 0.3) is 5.91 Å². The standard InChI is InChI=1S/C29H32N2O3/c1-22(30(19-23-13-7-4-8-14-23)20-24-15-9-5-10-16-24)28(33)34-26-27(32)31(21-29(26,2)3)25-17-11-6-12-18-25/h4-18,22,26H,19-21H2,1-3H3/t22-,26+/m1/s1. The van der Waals surface area contributed by atoms with Crippen LogP contribution in [0.25, 0.3) is 0 Å². The Morgan fingerprint density at radius 3 is 1.88 bits per heavy atom. The van der Waals surface area contributed by atoms with Gasteiger partial charge in [-0.05, 0) is 30.2 Å². The number of nitrogens with zero attached hydrogens (tertiary/aromatic N) is 2. The average Bonchev–Trinajstić information content (AvgIpc) is 3.08. The number of hydrogen-bond donors (Lipinski definition) is 0. The highest BCUT2D eigenvalue weighted by atomic mass is 16.6. The smallest absolute Gasteiger partial charge is 0.323 e. The molecule has 0 radical (unpaired) electrons. The zero-order chi connectivity index (χ0) is 24.1. The number of benzene rings is 3. The van der Waals surface area contributed by atoms with Crippen LogP contribution in [0.3, 0.4) is 0 Å². The second-order valence-corrected chi connectivity index (χ2v) is 9.62. The number of carbonyl (C=O) groups is 2. The lowest BCUT2D eigenvalue weighted by Crippen LogP contribution is -2.44. The molecule has 1 amide bonds. The molecule has 1 aliphatic heterocycles. The molecule has 1 heterocycles. The summed E-state index contributed by atoms with van der Waals surface area (Å²) in [6, 6.07) is 29.2. The fourth-order valence-corrected chi connectivity index (χ4v) is 4.41. The molecule has 0 aliphatic carbocycles. The van der Waals surface area contributed by atoms with Crippen molar-refractivity contribution in [3.8, 4) is 0 Å². The number of hydrogen-bond acceptors (Lipinski definition) is 4. The summed E-state index contributed by atoms with van der Waals surface area (Å²) < 4.78 is 5.94. The van der Waals surface area contributed by atoms with Gasteiger partial charge < -0.3 is 9.64 Å². The fourth-order valence-electron chi connectivity index (χ4n) is 4.41. The molecule has 0 bridgehead atoms. The van der Waals surface area contributed by atoms with Crippen LogP contribution in [0.5, 0.6) is 0 Å². The van der Waals surface area contributed by atoms with E-state index in [4.69, 9.17) is 4.74 Å². The van der Waals surface area contributed by atoms with Crippen molar-refractivity contribution < 1.29 is 14.3 Å². The van der Waals surface area contributed by atoms with Crippen LogP contribution in [-0.4, -0.2) is 35.5 Å². The van der Waals surface area contributed by atoms with Crippen LogP contribution in [0.4, 0.5) is 5.69 Å². The van der Waals surface area contributed by atoms with Gasteiger partial charge in [0.05, 0.1) is 0 Å². The summed E-state index contributed by atoms with van der Waals surface area (Å²) in [5.41, 5.74) is 2.56. The Labute approximate surface area is 202 Å². The molecule has 5 nitrogen and oxygen atoms in total. The van der Waals surface area contributed by atoms with Crippen LogP contribution < -0.4 is 4.90 Å². The van der Waals surface area contributed by atoms with E-state index < -0.39 is 17.6 Å². The van der Waals surface area contributed by atoms with Crippen molar-refractivity contribution in [2.45, 2.75) is 46.0 Å². The molecule has 1 saturated heterocycles. The van der Waals surface area contributed by atoms with E-state index in [0.29, 0.717) is 19.6 Å². The third-order valence-electron chi connectivity index (χ3n) is 6.41. The molecule has 0 aromatic heterocycles. The first-order valence-corrected chi connectivity index (χ1v) is 11.7. The predicted octanol–water partition coefficient (Wildman–Crippen LogP) is 5.06. The highest BCUT2D eigenvalue weighted by molar-refractivity contribution is 6.01. The van der Waals surface area contributed by atoms with E-state index in [1.165, 1.54) is 0 Å². The van der Waals surface area contributed by atoms with E-state index in [0.717, 1.165) is 16.8 Å². The lowest BCUT2D eigenvalue weighted by molar-refractivity contribution is -0.163. The van der Waals surface area contributed by atoms with E-state index in [-0.39, 0.29) is 11.9 Å². The number of carbonyl (C=O) groups excluding carboxylic acids is 2. The first-order valence-electron chi connectivity index (χ1n) is 11.7. The van der Waals surface area contributed by atoms with Gasteiger partial charge >= 0.3 is 5.97 Å². The van der Waals surface area contributed by atoms with Crippen molar-refractivity contribution in [1.82, 2.24) is 4.90 Å². The summed E-state index contributed by atoms with van der Waals surface area (Å²) in [4.78, 5) is 30.4. The van der Waals surface area contributed by atoms with Gasteiger partial charge in [0.2, 0.25) is 0 Å². The van der Waals surface area contributed by atoms with Crippen molar-refractivity contribution in [3.05, 3.63) is 102 Å². The topological polar surface area (TPSA) is 49.9 Å². The molecule has 0 unspecified atom stereocenters. The number of amides is 1. The minimum Gasteiger partial charge on any atom is -0.450 e. The van der Waals surface area contributed by atoms with Gasteiger partial charge in [-0.15, -0.1) is 0 Å². The zero-order valence-electron chi connectivity index (χ0n) is 20.1. The van der Waals surface area contributed by atoms with Gasteiger partial charge in [0.15, 0.2) is 6.10 Å². The fraction of sp³-hybridized carbons (Fsp3) is 0.310. The molecule has 1 aliphatic rings. The van der Waals surface area contributed by atoms with Crippen molar-refractivity contribution in [3.63, 3.8) is 0 Å². The van der Waals surface area contributed by atoms with Gasteiger partial charge in [-0.25, -0.2) is 0 Å². The van der Waals surface area contributed by atoms with Crippen molar-refractivity contribution in [2.75, 3.05) is 11.4 Å². The van der Waals surface area contributed by atoms with Crippen LogP contribution >= 0.6 is 0 Å². The molecule has 0 N–H and O–H groups in total. The maximum Gasteiger partial charge on any atom is 0.323 e. The molecule has 0 saturated carbocycles. The Hall–Kier alpha value is -3.44. The first kappa shape index (κ1) is 23.7. The Kier molecular flexibility index (Phi) is 7.13. The number of ether oxygens (including phenoxy) is 1. The third-order valence-corrected chi connectivity index (χ3v) is 6.41. The molecule has 176 valence electrons. The normalized spacial score (nSPS) is 18.2. The van der Waals surface area contributed by atoms with Crippen LogP contribution in [0.2, 0.25) is 0 Å². The van der Waals surface area contributed by atoms with Crippen LogP contribution in [0.15, 0.2) is 91.0 Å². The molecule has 34 heavy (non-hydrogen) atoms. The quantitative estimate of drug-likeness (QED) is 0.445. The SMILES string of the molecule is C[C@H](C(=O)O[C@H]1C(=O)N(c2ccccc2)CC1(C)C)N(Cc1ccccc1)Cc1ccccc1. The minimum absolute atomic E-state index is 0.172. The summed E-state index contributed by atoms with van der Waals surface area (Å²) in [6.07, 6.45) is -0.821. The second-order valence-electron chi connectivity index (χ2n) is 9.62. The monoisotopic (exact) mass is 456 g/mol. The predicted molar refractivity (Wildman–Crippen MR) is 134 cm³/mol. The highest BCUT2D eigenvalue weighted by Crippen LogP contribution is 2.36. The lowest BCUT2D eigenvalue weighted by Gasteiger charge is -2.30. The maximum atomic E-state index is 13.4. The average molecular weight is 457 g/mol. The molecule has 2 atom stereocenters. The van der Waals surface area contributed by atoms with Gasteiger partial charge in [0.1, 0.15) is 6.04 Å². The molecule has 4 rings (SSSR count). The molecule has 3 aromatic rings. The lowest BCUT2D eigenvalue weighted by atomic mass is 9.89. The van der Waals surface area contributed by atoms with Crippen molar-refractivity contribution >= 4 is 17.6 Å². The zero-order valence-corrected chi connectivity index (χ0v) is 20.1. The summed E-state index contributed by atoms with van der Waals surface area (Å²) in [6.45, 7) is 7.51. The van der Waals surface area contributed by atoms with Gasteiger partial charge in [-0.3, -0.25) is 14.5 Å². The Morgan fingerprint density at radius 2 is 1.38 bits per heavy atom. The molecule has 0 spiro atoms. The minimum atomic E-state index is -0.821. The number of anilines is 1. The van der Waals surface area contributed by atoms with Crippen molar-refractivity contribution in [1.29, 1.82) is 0 Å². The Bertz CT molecular complexity index is 1060. The second kappa shape index (κ2) is 10.2. The van der Waals surface area contributed by atoms with E-state index in [2.05, 4.69) is 29.2 Å². The van der Waals surface area contributed by atoms with E-state index >= 15 is 0 Å². The number of rotatable bonds is 8.